The van der Waals surface area contributed by atoms with E-state index < -0.39 is 5.97 Å². The van der Waals surface area contributed by atoms with E-state index in [1.807, 2.05) is 66.9 Å². The van der Waals surface area contributed by atoms with E-state index >= 15 is 0 Å². The Labute approximate surface area is 178 Å². The molecule has 0 amide bonds. The number of thioether (sulfide) groups is 2. The Morgan fingerprint density at radius 2 is 1.62 bits per heavy atom. The number of rotatable bonds is 10. The van der Waals surface area contributed by atoms with E-state index in [4.69, 9.17) is 0 Å². The molecule has 0 radical (unpaired) electrons. The van der Waals surface area contributed by atoms with Gasteiger partial charge < -0.3 is 15.7 Å². The van der Waals surface area contributed by atoms with Crippen LogP contribution in [0.5, 0.6) is 0 Å². The van der Waals surface area contributed by atoms with Crippen molar-refractivity contribution in [3.05, 3.63) is 71.8 Å². The van der Waals surface area contributed by atoms with Crippen LogP contribution >= 0.6 is 23.5 Å². The predicted molar refractivity (Wildman–Crippen MR) is 120 cm³/mol. The van der Waals surface area contributed by atoms with E-state index in [0.29, 0.717) is 34.8 Å². The van der Waals surface area contributed by atoms with Gasteiger partial charge >= 0.3 is 5.97 Å². The highest BCUT2D eigenvalue weighted by molar-refractivity contribution is 7.99. The number of carboxylic acids is 1. The second kappa shape index (κ2) is 10.7. The molecule has 0 saturated carbocycles. The Kier molecular flexibility index (Phi) is 7.77. The normalized spacial score (nSPS) is 10.5. The number of hydrogen-bond acceptors (Lipinski definition) is 7. The number of carbonyl (C=O) groups is 1. The fraction of sp³-hybridized carbons (Fsp3) is 0.190. The van der Waals surface area contributed by atoms with E-state index in [9.17, 15) is 9.90 Å². The van der Waals surface area contributed by atoms with Gasteiger partial charge in [0.15, 0.2) is 5.16 Å². The zero-order valence-corrected chi connectivity index (χ0v) is 17.6. The molecule has 8 heteroatoms. The lowest BCUT2D eigenvalue weighted by molar-refractivity contribution is 0.0692. The van der Waals surface area contributed by atoms with Crippen molar-refractivity contribution in [3.63, 3.8) is 0 Å². The number of benzene rings is 2. The molecule has 1 heterocycles. The van der Waals surface area contributed by atoms with Crippen LogP contribution < -0.4 is 10.6 Å². The number of anilines is 2. The number of aromatic carboxylic acids is 1. The number of aromatic nitrogens is 2. The van der Waals surface area contributed by atoms with E-state index in [-0.39, 0.29) is 5.56 Å². The van der Waals surface area contributed by atoms with Crippen molar-refractivity contribution >= 4 is 41.0 Å². The molecule has 3 rings (SSSR count). The first kappa shape index (κ1) is 21.0. The van der Waals surface area contributed by atoms with Gasteiger partial charge in [-0.3, -0.25) is 0 Å². The predicted octanol–water partition coefficient (Wildman–Crippen LogP) is 4.71. The Balaban J connectivity index is 1.73. The summed E-state index contributed by atoms with van der Waals surface area (Å²) in [6.07, 6.45) is 1.88. The third kappa shape index (κ3) is 6.13. The second-order valence-corrected chi connectivity index (χ2v) is 7.78. The highest BCUT2D eigenvalue weighted by Gasteiger charge is 2.21. The molecule has 0 fully saturated rings. The molecule has 29 heavy (non-hydrogen) atoms. The molecule has 3 aromatic rings. The van der Waals surface area contributed by atoms with Gasteiger partial charge in [0.2, 0.25) is 0 Å². The highest BCUT2D eigenvalue weighted by Crippen LogP contribution is 2.30. The third-order valence-electron chi connectivity index (χ3n) is 3.99. The van der Waals surface area contributed by atoms with Gasteiger partial charge in [-0.15, -0.1) is 11.8 Å². The van der Waals surface area contributed by atoms with Crippen molar-refractivity contribution < 1.29 is 9.90 Å². The van der Waals surface area contributed by atoms with Crippen LogP contribution in [0.3, 0.4) is 0 Å². The number of hydrogen-bond donors (Lipinski definition) is 3. The molecule has 0 spiro atoms. The van der Waals surface area contributed by atoms with E-state index in [2.05, 4.69) is 20.6 Å². The molecule has 0 unspecified atom stereocenters. The molecule has 0 aliphatic rings. The molecule has 2 aromatic carbocycles. The number of nitrogens with one attached hydrogen (secondary N) is 2. The number of para-hydroxylation sites is 1. The maximum absolute atomic E-state index is 12.0. The molecule has 0 bridgehead atoms. The maximum atomic E-state index is 12.0. The van der Waals surface area contributed by atoms with Crippen molar-refractivity contribution in [2.45, 2.75) is 15.9 Å². The summed E-state index contributed by atoms with van der Waals surface area (Å²) in [6.45, 7) is 1.16. The lowest BCUT2D eigenvalue weighted by Crippen LogP contribution is -2.18. The quantitative estimate of drug-likeness (QED) is 0.186. The Morgan fingerprint density at radius 3 is 2.28 bits per heavy atom. The smallest absolute Gasteiger partial charge is 0.342 e. The summed E-state index contributed by atoms with van der Waals surface area (Å²) in [5, 5.41) is 17.2. The summed E-state index contributed by atoms with van der Waals surface area (Å²) in [6, 6.07) is 19.8. The summed E-state index contributed by atoms with van der Waals surface area (Å²) < 4.78 is 0. The SMILES string of the molecule is CSc1nc(NCCNc2ccccc2)c(C(=O)O)c(SCc2ccccc2)n1. The first-order valence-corrected chi connectivity index (χ1v) is 11.3. The number of carboxylic acid groups (broad SMARTS) is 1. The van der Waals surface area contributed by atoms with Gasteiger partial charge in [-0.05, 0) is 24.0 Å². The number of nitrogens with zero attached hydrogens (tertiary/aromatic N) is 2. The lowest BCUT2D eigenvalue weighted by Gasteiger charge is -2.14. The molecule has 0 atom stereocenters. The van der Waals surface area contributed by atoms with Crippen LogP contribution in [0.4, 0.5) is 11.5 Å². The Morgan fingerprint density at radius 1 is 0.966 bits per heavy atom. The van der Waals surface area contributed by atoms with Crippen LogP contribution in [-0.2, 0) is 5.75 Å². The summed E-state index contributed by atoms with van der Waals surface area (Å²) in [7, 11) is 0. The molecule has 0 saturated heterocycles. The summed E-state index contributed by atoms with van der Waals surface area (Å²) in [4.78, 5) is 20.8. The van der Waals surface area contributed by atoms with Gasteiger partial charge in [0, 0.05) is 24.5 Å². The minimum Gasteiger partial charge on any atom is -0.477 e. The van der Waals surface area contributed by atoms with Gasteiger partial charge in [0.05, 0.1) is 0 Å². The first-order chi connectivity index (χ1) is 14.2. The van der Waals surface area contributed by atoms with Crippen LogP contribution in [0.15, 0.2) is 70.8 Å². The van der Waals surface area contributed by atoms with Gasteiger partial charge in [0.25, 0.3) is 0 Å². The first-order valence-electron chi connectivity index (χ1n) is 9.06. The van der Waals surface area contributed by atoms with E-state index in [0.717, 1.165) is 11.3 Å². The largest absolute Gasteiger partial charge is 0.477 e. The summed E-state index contributed by atoms with van der Waals surface area (Å²) in [5.74, 6) is -0.0463. The van der Waals surface area contributed by atoms with Gasteiger partial charge in [-0.25, -0.2) is 14.8 Å². The standard InChI is InChI=1S/C21H22N4O2S2/c1-28-21-24-18(23-13-12-22-16-10-6-3-7-11-16)17(20(26)27)19(25-21)29-14-15-8-4-2-5-9-15/h2-11,22H,12-14H2,1H3,(H,26,27)(H,23,24,25). The molecule has 0 aliphatic carbocycles. The fourth-order valence-corrected chi connectivity index (χ4v) is 4.00. The van der Waals surface area contributed by atoms with Crippen molar-refractivity contribution in [2.75, 3.05) is 30.0 Å². The van der Waals surface area contributed by atoms with E-state index in [1.54, 1.807) is 0 Å². The molecular weight excluding hydrogens is 404 g/mol. The maximum Gasteiger partial charge on any atom is 0.342 e. The Hall–Kier alpha value is -2.71. The zero-order valence-electron chi connectivity index (χ0n) is 16.0. The Bertz CT molecular complexity index is 940. The van der Waals surface area contributed by atoms with Crippen molar-refractivity contribution in [2.24, 2.45) is 0 Å². The van der Waals surface area contributed by atoms with Gasteiger partial charge in [-0.2, -0.15) is 0 Å². The lowest BCUT2D eigenvalue weighted by atomic mass is 10.2. The monoisotopic (exact) mass is 426 g/mol. The molecular formula is C21H22N4O2S2. The van der Waals surface area contributed by atoms with Crippen molar-refractivity contribution in [3.8, 4) is 0 Å². The van der Waals surface area contributed by atoms with Crippen LogP contribution in [0, 0.1) is 0 Å². The second-order valence-electron chi connectivity index (χ2n) is 6.04. The van der Waals surface area contributed by atoms with Crippen LogP contribution in [0.25, 0.3) is 0 Å². The van der Waals surface area contributed by atoms with Gasteiger partial charge in [-0.1, -0.05) is 60.3 Å². The molecule has 150 valence electrons. The highest BCUT2D eigenvalue weighted by atomic mass is 32.2. The summed E-state index contributed by atoms with van der Waals surface area (Å²) >= 11 is 2.80. The fourth-order valence-electron chi connectivity index (χ4n) is 2.61. The van der Waals surface area contributed by atoms with E-state index in [1.165, 1.54) is 23.5 Å². The topological polar surface area (TPSA) is 87.1 Å². The molecule has 6 nitrogen and oxygen atoms in total. The van der Waals surface area contributed by atoms with Crippen LogP contribution in [0.1, 0.15) is 15.9 Å². The van der Waals surface area contributed by atoms with Crippen LogP contribution in [-0.4, -0.2) is 40.4 Å². The average molecular weight is 427 g/mol. The van der Waals surface area contributed by atoms with Gasteiger partial charge in [0.1, 0.15) is 16.4 Å². The third-order valence-corrected chi connectivity index (χ3v) is 5.58. The minimum absolute atomic E-state index is 0.114. The summed E-state index contributed by atoms with van der Waals surface area (Å²) in [5.41, 5.74) is 2.24. The zero-order chi connectivity index (χ0) is 20.5. The van der Waals surface area contributed by atoms with Crippen LogP contribution in [0.2, 0.25) is 0 Å². The molecule has 0 aliphatic heterocycles. The average Bonchev–Trinajstić information content (AvgIpc) is 2.76. The van der Waals surface area contributed by atoms with Crippen molar-refractivity contribution in [1.82, 2.24) is 9.97 Å². The van der Waals surface area contributed by atoms with Crippen molar-refractivity contribution in [1.29, 1.82) is 0 Å². The minimum atomic E-state index is -1.04. The molecule has 3 N–H and O–H groups in total. The molecule has 1 aromatic heterocycles.